The van der Waals surface area contributed by atoms with Crippen LogP contribution in [0, 0.1) is 0 Å². The SMILES string of the molecule is COCCC(C)n1cncc1-c1ccc(N)nc1. The van der Waals surface area contributed by atoms with Gasteiger partial charge in [-0.25, -0.2) is 9.97 Å². The number of imidazole rings is 1. The van der Waals surface area contributed by atoms with Gasteiger partial charge in [-0.1, -0.05) is 0 Å². The highest BCUT2D eigenvalue weighted by Crippen LogP contribution is 2.23. The van der Waals surface area contributed by atoms with Gasteiger partial charge in [-0.05, 0) is 25.5 Å². The molecule has 2 heterocycles. The zero-order valence-corrected chi connectivity index (χ0v) is 10.7. The second-order valence-electron chi connectivity index (χ2n) is 4.29. The fraction of sp³-hybridized carbons (Fsp3) is 0.385. The summed E-state index contributed by atoms with van der Waals surface area (Å²) in [6.45, 7) is 2.88. The number of hydrogen-bond donors (Lipinski definition) is 1. The molecule has 0 radical (unpaired) electrons. The first-order chi connectivity index (χ1) is 8.72. The summed E-state index contributed by atoms with van der Waals surface area (Å²) in [5, 5.41) is 0. The Kier molecular flexibility index (Phi) is 3.94. The number of nitrogens with two attached hydrogens (primary N) is 1. The highest BCUT2D eigenvalue weighted by molar-refractivity contribution is 5.59. The zero-order chi connectivity index (χ0) is 13.0. The lowest BCUT2D eigenvalue weighted by atomic mass is 10.2. The third-order valence-electron chi connectivity index (χ3n) is 2.96. The van der Waals surface area contributed by atoms with Crippen LogP contribution in [0.3, 0.4) is 0 Å². The molecule has 2 rings (SSSR count). The summed E-state index contributed by atoms with van der Waals surface area (Å²) < 4.78 is 7.24. The number of methoxy groups -OCH3 is 1. The van der Waals surface area contributed by atoms with Crippen LogP contribution in [0.1, 0.15) is 19.4 Å². The van der Waals surface area contributed by atoms with Gasteiger partial charge in [-0.2, -0.15) is 0 Å². The van der Waals surface area contributed by atoms with Crippen LogP contribution in [0.25, 0.3) is 11.3 Å². The van der Waals surface area contributed by atoms with Gasteiger partial charge in [-0.15, -0.1) is 0 Å². The van der Waals surface area contributed by atoms with Crippen molar-refractivity contribution in [2.75, 3.05) is 19.5 Å². The van der Waals surface area contributed by atoms with Crippen molar-refractivity contribution < 1.29 is 4.74 Å². The van der Waals surface area contributed by atoms with Crippen molar-refractivity contribution in [1.82, 2.24) is 14.5 Å². The first-order valence-corrected chi connectivity index (χ1v) is 5.95. The van der Waals surface area contributed by atoms with E-state index in [1.165, 1.54) is 0 Å². The van der Waals surface area contributed by atoms with E-state index >= 15 is 0 Å². The van der Waals surface area contributed by atoms with Crippen LogP contribution < -0.4 is 5.73 Å². The number of pyridine rings is 1. The van der Waals surface area contributed by atoms with Crippen LogP contribution in [0.15, 0.2) is 30.9 Å². The van der Waals surface area contributed by atoms with Crippen molar-refractivity contribution in [3.63, 3.8) is 0 Å². The second-order valence-corrected chi connectivity index (χ2v) is 4.29. The number of hydrogen-bond acceptors (Lipinski definition) is 4. The average molecular weight is 246 g/mol. The Morgan fingerprint density at radius 3 is 2.89 bits per heavy atom. The molecule has 0 aliphatic heterocycles. The summed E-state index contributed by atoms with van der Waals surface area (Å²) in [6.07, 6.45) is 6.40. The molecule has 0 fully saturated rings. The van der Waals surface area contributed by atoms with E-state index in [4.69, 9.17) is 10.5 Å². The molecular weight excluding hydrogens is 228 g/mol. The molecule has 1 unspecified atom stereocenters. The Morgan fingerprint density at radius 1 is 1.39 bits per heavy atom. The lowest BCUT2D eigenvalue weighted by Gasteiger charge is -2.16. The van der Waals surface area contributed by atoms with Crippen molar-refractivity contribution in [3.8, 4) is 11.3 Å². The fourth-order valence-corrected chi connectivity index (χ4v) is 1.86. The van der Waals surface area contributed by atoms with E-state index in [0.29, 0.717) is 11.9 Å². The van der Waals surface area contributed by atoms with Gasteiger partial charge in [0.15, 0.2) is 0 Å². The van der Waals surface area contributed by atoms with Crippen LogP contribution in [0.2, 0.25) is 0 Å². The monoisotopic (exact) mass is 246 g/mol. The minimum Gasteiger partial charge on any atom is -0.385 e. The Morgan fingerprint density at radius 2 is 2.22 bits per heavy atom. The minimum absolute atomic E-state index is 0.333. The molecule has 0 spiro atoms. The zero-order valence-electron chi connectivity index (χ0n) is 10.7. The molecule has 5 heteroatoms. The van der Waals surface area contributed by atoms with E-state index < -0.39 is 0 Å². The summed E-state index contributed by atoms with van der Waals surface area (Å²) in [7, 11) is 1.71. The summed E-state index contributed by atoms with van der Waals surface area (Å²) in [5.74, 6) is 0.525. The molecule has 0 aromatic carbocycles. The van der Waals surface area contributed by atoms with Gasteiger partial charge in [-0.3, -0.25) is 0 Å². The molecule has 0 amide bonds. The highest BCUT2D eigenvalue weighted by atomic mass is 16.5. The van der Waals surface area contributed by atoms with Gasteiger partial charge in [0, 0.05) is 31.5 Å². The quantitative estimate of drug-likeness (QED) is 0.877. The summed E-state index contributed by atoms with van der Waals surface area (Å²) >= 11 is 0. The smallest absolute Gasteiger partial charge is 0.123 e. The van der Waals surface area contributed by atoms with Gasteiger partial charge >= 0.3 is 0 Å². The molecule has 2 N–H and O–H groups in total. The molecule has 0 bridgehead atoms. The van der Waals surface area contributed by atoms with Crippen LogP contribution >= 0.6 is 0 Å². The third-order valence-corrected chi connectivity index (χ3v) is 2.96. The molecule has 0 saturated heterocycles. The topological polar surface area (TPSA) is 66.0 Å². The van der Waals surface area contributed by atoms with Crippen LogP contribution in [0.4, 0.5) is 5.82 Å². The number of aromatic nitrogens is 3. The lowest BCUT2D eigenvalue weighted by Crippen LogP contribution is -2.08. The maximum Gasteiger partial charge on any atom is 0.123 e. The summed E-state index contributed by atoms with van der Waals surface area (Å²) in [6, 6.07) is 4.09. The number of nitrogens with zero attached hydrogens (tertiary/aromatic N) is 3. The Balaban J connectivity index is 2.24. The average Bonchev–Trinajstić information content (AvgIpc) is 2.86. The van der Waals surface area contributed by atoms with Gasteiger partial charge in [0.25, 0.3) is 0 Å². The number of nitrogen functional groups attached to an aromatic ring is 1. The normalized spacial score (nSPS) is 12.6. The maximum atomic E-state index is 5.59. The fourth-order valence-electron chi connectivity index (χ4n) is 1.86. The van der Waals surface area contributed by atoms with Crippen LogP contribution in [-0.4, -0.2) is 28.3 Å². The molecule has 0 aliphatic rings. The van der Waals surface area contributed by atoms with E-state index in [1.54, 1.807) is 19.4 Å². The molecule has 2 aromatic rings. The van der Waals surface area contributed by atoms with E-state index in [9.17, 15) is 0 Å². The Bertz CT molecular complexity index is 492. The minimum atomic E-state index is 0.333. The van der Waals surface area contributed by atoms with E-state index in [2.05, 4.69) is 21.5 Å². The molecule has 18 heavy (non-hydrogen) atoms. The number of anilines is 1. The Hall–Kier alpha value is -1.88. The molecule has 1 atom stereocenters. The standard InChI is InChI=1S/C13H18N4O/c1-10(5-6-18-2)17-9-15-8-12(17)11-3-4-13(14)16-7-11/h3-4,7-10H,5-6H2,1-2H3,(H2,14,16). The number of ether oxygens (including phenoxy) is 1. The highest BCUT2D eigenvalue weighted by Gasteiger charge is 2.11. The lowest BCUT2D eigenvalue weighted by molar-refractivity contribution is 0.181. The van der Waals surface area contributed by atoms with E-state index in [0.717, 1.165) is 24.3 Å². The second kappa shape index (κ2) is 5.64. The first-order valence-electron chi connectivity index (χ1n) is 5.95. The van der Waals surface area contributed by atoms with Gasteiger partial charge in [0.2, 0.25) is 0 Å². The molecule has 0 saturated carbocycles. The largest absolute Gasteiger partial charge is 0.385 e. The van der Waals surface area contributed by atoms with Gasteiger partial charge in [0.1, 0.15) is 5.82 Å². The van der Waals surface area contributed by atoms with E-state index in [1.807, 2.05) is 18.6 Å². The van der Waals surface area contributed by atoms with Crippen LogP contribution in [0.5, 0.6) is 0 Å². The van der Waals surface area contributed by atoms with Crippen molar-refractivity contribution in [2.24, 2.45) is 0 Å². The molecule has 0 aliphatic carbocycles. The third kappa shape index (κ3) is 2.68. The molecule has 5 nitrogen and oxygen atoms in total. The van der Waals surface area contributed by atoms with Crippen molar-refractivity contribution in [2.45, 2.75) is 19.4 Å². The maximum absolute atomic E-state index is 5.59. The van der Waals surface area contributed by atoms with Crippen LogP contribution in [-0.2, 0) is 4.74 Å². The Labute approximate surface area is 107 Å². The predicted octanol–water partition coefficient (Wildman–Crippen LogP) is 2.12. The van der Waals surface area contributed by atoms with Gasteiger partial charge < -0.3 is 15.0 Å². The summed E-state index contributed by atoms with van der Waals surface area (Å²) in [4.78, 5) is 8.32. The first kappa shape index (κ1) is 12.6. The molecule has 96 valence electrons. The van der Waals surface area contributed by atoms with Gasteiger partial charge in [0.05, 0.1) is 18.2 Å². The number of rotatable bonds is 5. The van der Waals surface area contributed by atoms with Crippen molar-refractivity contribution >= 4 is 5.82 Å². The van der Waals surface area contributed by atoms with Crippen molar-refractivity contribution in [1.29, 1.82) is 0 Å². The summed E-state index contributed by atoms with van der Waals surface area (Å²) in [5.41, 5.74) is 7.66. The van der Waals surface area contributed by atoms with E-state index in [-0.39, 0.29) is 0 Å². The van der Waals surface area contributed by atoms with Crippen molar-refractivity contribution in [3.05, 3.63) is 30.9 Å². The molecule has 2 aromatic heterocycles. The predicted molar refractivity (Wildman–Crippen MR) is 71.1 cm³/mol. The molecular formula is C13H18N4O.